The first-order chi connectivity index (χ1) is 9.59. The molecule has 1 N–H and O–H groups in total. The third-order valence-corrected chi connectivity index (χ3v) is 4.39. The Balaban J connectivity index is 2.74. The fourth-order valence-corrected chi connectivity index (χ4v) is 2.83. The summed E-state index contributed by atoms with van der Waals surface area (Å²) < 4.78 is 0. The van der Waals surface area contributed by atoms with Crippen molar-refractivity contribution in [3.05, 3.63) is 29.6 Å². The predicted octanol–water partition coefficient (Wildman–Crippen LogP) is 3.24. The van der Waals surface area contributed by atoms with Crippen LogP contribution in [0.3, 0.4) is 0 Å². The number of aryl methyl sites for hydroxylation is 1. The highest BCUT2D eigenvalue weighted by atomic mass is 15.1. The third kappa shape index (κ3) is 4.88. The van der Waals surface area contributed by atoms with Crippen LogP contribution in [0.4, 0.5) is 0 Å². The van der Waals surface area contributed by atoms with Gasteiger partial charge in [0, 0.05) is 25.3 Å². The van der Waals surface area contributed by atoms with E-state index in [4.69, 9.17) is 0 Å². The molecule has 3 nitrogen and oxygen atoms in total. The van der Waals surface area contributed by atoms with Gasteiger partial charge in [-0.05, 0) is 50.9 Å². The lowest BCUT2D eigenvalue weighted by atomic mass is 9.81. The van der Waals surface area contributed by atoms with E-state index in [2.05, 4.69) is 68.1 Å². The van der Waals surface area contributed by atoms with Gasteiger partial charge in [0.15, 0.2) is 0 Å². The molecule has 0 spiro atoms. The Hall–Kier alpha value is -0.930. The molecule has 0 saturated carbocycles. The predicted molar refractivity (Wildman–Crippen MR) is 86.9 cm³/mol. The van der Waals surface area contributed by atoms with Gasteiger partial charge in [-0.15, -0.1) is 0 Å². The molecule has 0 amide bonds. The maximum absolute atomic E-state index is 4.63. The molecule has 0 saturated heterocycles. The Morgan fingerprint density at radius 2 is 1.90 bits per heavy atom. The van der Waals surface area contributed by atoms with Crippen LogP contribution >= 0.6 is 0 Å². The Morgan fingerprint density at radius 3 is 2.40 bits per heavy atom. The molecule has 1 heterocycles. The van der Waals surface area contributed by atoms with Gasteiger partial charge in [-0.25, -0.2) is 0 Å². The van der Waals surface area contributed by atoms with E-state index in [-0.39, 0.29) is 0 Å². The number of aromatic nitrogens is 1. The normalized spacial score (nSPS) is 12.1. The quantitative estimate of drug-likeness (QED) is 0.751. The molecule has 0 fully saturated rings. The van der Waals surface area contributed by atoms with Gasteiger partial charge < -0.3 is 5.32 Å². The van der Waals surface area contributed by atoms with Crippen LogP contribution in [0, 0.1) is 12.3 Å². The maximum atomic E-state index is 4.63. The maximum Gasteiger partial charge on any atom is 0.0547 e. The monoisotopic (exact) mass is 277 g/mol. The highest BCUT2D eigenvalue weighted by Crippen LogP contribution is 2.27. The molecule has 3 heteroatoms. The molecule has 20 heavy (non-hydrogen) atoms. The second-order valence-corrected chi connectivity index (χ2v) is 5.81. The van der Waals surface area contributed by atoms with Gasteiger partial charge in [0.25, 0.3) is 0 Å². The van der Waals surface area contributed by atoms with E-state index in [1.807, 2.05) is 0 Å². The number of nitrogens with one attached hydrogen (secondary N) is 1. The van der Waals surface area contributed by atoms with Crippen LogP contribution in [0.25, 0.3) is 0 Å². The summed E-state index contributed by atoms with van der Waals surface area (Å²) in [5, 5.41) is 3.37. The number of rotatable bonds is 9. The molecule has 0 aliphatic heterocycles. The van der Waals surface area contributed by atoms with Gasteiger partial charge in [-0.2, -0.15) is 0 Å². The van der Waals surface area contributed by atoms with E-state index in [9.17, 15) is 0 Å². The zero-order valence-electron chi connectivity index (χ0n) is 13.9. The van der Waals surface area contributed by atoms with Crippen molar-refractivity contribution in [2.45, 2.75) is 47.1 Å². The smallest absolute Gasteiger partial charge is 0.0547 e. The summed E-state index contributed by atoms with van der Waals surface area (Å²) in [4.78, 5) is 7.15. The SMILES string of the molecule is CCN(Cc1cccc(C)n1)CC(CC)(CC)CNC. The Morgan fingerprint density at radius 1 is 1.20 bits per heavy atom. The summed E-state index contributed by atoms with van der Waals surface area (Å²) in [6.45, 7) is 13.1. The van der Waals surface area contributed by atoms with Crippen LogP contribution in [-0.2, 0) is 6.54 Å². The molecule has 0 radical (unpaired) electrons. The molecule has 0 atom stereocenters. The average molecular weight is 277 g/mol. The van der Waals surface area contributed by atoms with Gasteiger partial charge in [-0.3, -0.25) is 9.88 Å². The second kappa shape index (κ2) is 8.38. The lowest BCUT2D eigenvalue weighted by Gasteiger charge is -2.37. The molecule has 0 aliphatic carbocycles. The van der Waals surface area contributed by atoms with E-state index in [1.54, 1.807) is 0 Å². The summed E-state index contributed by atoms with van der Waals surface area (Å²) in [5.41, 5.74) is 2.65. The second-order valence-electron chi connectivity index (χ2n) is 5.81. The summed E-state index contributed by atoms with van der Waals surface area (Å²) >= 11 is 0. The molecule has 1 rings (SSSR count). The lowest BCUT2D eigenvalue weighted by molar-refractivity contribution is 0.134. The third-order valence-electron chi connectivity index (χ3n) is 4.39. The van der Waals surface area contributed by atoms with Crippen molar-refractivity contribution >= 4 is 0 Å². The number of pyridine rings is 1. The average Bonchev–Trinajstić information content (AvgIpc) is 2.46. The summed E-state index contributed by atoms with van der Waals surface area (Å²) in [7, 11) is 2.05. The fourth-order valence-electron chi connectivity index (χ4n) is 2.83. The first-order valence-electron chi connectivity index (χ1n) is 7.88. The standard InChI is InChI=1S/C17H31N3/c1-6-17(7-2,13-18-5)14-20(8-3)12-16-11-9-10-15(4)19-16/h9-11,18H,6-8,12-14H2,1-5H3. The van der Waals surface area contributed by atoms with Crippen molar-refractivity contribution in [2.24, 2.45) is 5.41 Å². The van der Waals surface area contributed by atoms with Crippen LogP contribution in [0.5, 0.6) is 0 Å². The molecular weight excluding hydrogens is 246 g/mol. The molecule has 0 aromatic carbocycles. The van der Waals surface area contributed by atoms with Gasteiger partial charge >= 0.3 is 0 Å². The van der Waals surface area contributed by atoms with Crippen molar-refractivity contribution < 1.29 is 0 Å². The molecule has 0 bridgehead atoms. The van der Waals surface area contributed by atoms with Crippen LogP contribution in [0.2, 0.25) is 0 Å². The van der Waals surface area contributed by atoms with Crippen molar-refractivity contribution in [1.29, 1.82) is 0 Å². The minimum Gasteiger partial charge on any atom is -0.319 e. The van der Waals surface area contributed by atoms with Crippen LogP contribution < -0.4 is 5.32 Å². The first-order valence-corrected chi connectivity index (χ1v) is 7.88. The molecule has 1 aromatic heterocycles. The van der Waals surface area contributed by atoms with Crippen molar-refractivity contribution in [1.82, 2.24) is 15.2 Å². The number of hydrogen-bond donors (Lipinski definition) is 1. The molecule has 0 aliphatic rings. The first kappa shape index (κ1) is 17.1. The van der Waals surface area contributed by atoms with Crippen LogP contribution in [0.1, 0.15) is 45.0 Å². The Labute approximate surface area is 124 Å². The van der Waals surface area contributed by atoms with E-state index >= 15 is 0 Å². The van der Waals surface area contributed by atoms with E-state index in [0.717, 1.165) is 31.9 Å². The minimum absolute atomic E-state index is 0.370. The van der Waals surface area contributed by atoms with Crippen molar-refractivity contribution in [3.8, 4) is 0 Å². The van der Waals surface area contributed by atoms with Gasteiger partial charge in [-0.1, -0.05) is 26.8 Å². The zero-order valence-corrected chi connectivity index (χ0v) is 13.9. The largest absolute Gasteiger partial charge is 0.319 e. The van der Waals surface area contributed by atoms with Crippen molar-refractivity contribution in [2.75, 3.05) is 26.7 Å². The lowest BCUT2D eigenvalue weighted by Crippen LogP contribution is -2.42. The van der Waals surface area contributed by atoms with E-state index in [1.165, 1.54) is 18.5 Å². The molecule has 114 valence electrons. The Bertz CT molecular complexity index is 386. The summed E-state index contributed by atoms with van der Waals surface area (Å²) in [5.74, 6) is 0. The zero-order chi connectivity index (χ0) is 15.0. The molecule has 0 unspecified atom stereocenters. The highest BCUT2D eigenvalue weighted by Gasteiger charge is 2.27. The summed E-state index contributed by atoms with van der Waals surface area (Å²) in [6.07, 6.45) is 2.42. The minimum atomic E-state index is 0.370. The Kier molecular flexibility index (Phi) is 7.17. The van der Waals surface area contributed by atoms with Gasteiger partial charge in [0.05, 0.1) is 5.69 Å². The highest BCUT2D eigenvalue weighted by molar-refractivity contribution is 5.09. The molecule has 1 aromatic rings. The number of nitrogens with zero attached hydrogens (tertiary/aromatic N) is 2. The van der Waals surface area contributed by atoms with Crippen molar-refractivity contribution in [3.63, 3.8) is 0 Å². The molecular formula is C17H31N3. The van der Waals surface area contributed by atoms with Gasteiger partial charge in [0.2, 0.25) is 0 Å². The van der Waals surface area contributed by atoms with Crippen LogP contribution in [0.15, 0.2) is 18.2 Å². The topological polar surface area (TPSA) is 28.2 Å². The van der Waals surface area contributed by atoms with E-state index < -0.39 is 0 Å². The van der Waals surface area contributed by atoms with Gasteiger partial charge in [0.1, 0.15) is 0 Å². The number of hydrogen-bond acceptors (Lipinski definition) is 3. The fraction of sp³-hybridized carbons (Fsp3) is 0.706. The van der Waals surface area contributed by atoms with Crippen LogP contribution in [-0.4, -0.2) is 36.6 Å². The van der Waals surface area contributed by atoms with E-state index in [0.29, 0.717) is 5.41 Å². The summed E-state index contributed by atoms with van der Waals surface area (Å²) in [6, 6.07) is 6.29.